The second-order valence-electron chi connectivity index (χ2n) is 5.74. The van der Waals surface area contributed by atoms with Crippen LogP contribution in [0.1, 0.15) is 25.6 Å². The molecule has 2 aromatic rings. The molecule has 24 heavy (non-hydrogen) atoms. The summed E-state index contributed by atoms with van der Waals surface area (Å²) in [6, 6.07) is 3.75. The molecule has 0 bridgehead atoms. The van der Waals surface area contributed by atoms with Crippen molar-refractivity contribution in [2.75, 3.05) is 11.9 Å². The number of hydrogen-bond acceptors (Lipinski definition) is 5. The summed E-state index contributed by atoms with van der Waals surface area (Å²) in [4.78, 5) is 12.1. The molecule has 0 radical (unpaired) electrons. The summed E-state index contributed by atoms with van der Waals surface area (Å²) in [6.45, 7) is 4.29. The second kappa shape index (κ2) is 6.91. The summed E-state index contributed by atoms with van der Waals surface area (Å²) in [5.74, 6) is -0.0356. The molecule has 1 aliphatic heterocycles. The van der Waals surface area contributed by atoms with Gasteiger partial charge in [0.1, 0.15) is 11.5 Å². The number of carbonyl (C=O) groups is 1. The van der Waals surface area contributed by atoms with E-state index >= 15 is 0 Å². The highest BCUT2D eigenvalue weighted by Gasteiger charge is 2.23. The topological polar surface area (TPSA) is 94.0 Å². The maximum Gasteiger partial charge on any atom is 0.319 e. The number of benzene rings is 1. The van der Waals surface area contributed by atoms with Crippen LogP contribution in [0, 0.1) is 12.7 Å². The SMILES string of the molecule is Cc1nnnn1-c1cc(NC(=O)N[C@H](C)[C@H]2CCCO2)ccc1F. The molecule has 2 amide bonds. The first-order chi connectivity index (χ1) is 11.5. The van der Waals surface area contributed by atoms with Crippen LogP contribution < -0.4 is 10.6 Å². The predicted octanol–water partition coefficient (Wildman–Crippen LogP) is 1.80. The number of hydrogen-bond donors (Lipinski definition) is 2. The number of anilines is 1. The van der Waals surface area contributed by atoms with Crippen molar-refractivity contribution in [3.8, 4) is 5.69 Å². The van der Waals surface area contributed by atoms with E-state index in [0.29, 0.717) is 11.5 Å². The number of rotatable bonds is 4. The average molecular weight is 334 g/mol. The monoisotopic (exact) mass is 334 g/mol. The van der Waals surface area contributed by atoms with Crippen LogP contribution in [0.25, 0.3) is 5.69 Å². The van der Waals surface area contributed by atoms with E-state index in [-0.39, 0.29) is 23.9 Å². The predicted molar refractivity (Wildman–Crippen MR) is 84.4 cm³/mol. The Hall–Kier alpha value is -2.55. The van der Waals surface area contributed by atoms with E-state index in [9.17, 15) is 9.18 Å². The zero-order valence-electron chi connectivity index (χ0n) is 13.5. The summed E-state index contributed by atoms with van der Waals surface area (Å²) >= 11 is 0. The van der Waals surface area contributed by atoms with Crippen LogP contribution in [0.5, 0.6) is 0 Å². The highest BCUT2D eigenvalue weighted by atomic mass is 19.1. The summed E-state index contributed by atoms with van der Waals surface area (Å²) in [5, 5.41) is 16.5. The zero-order valence-corrected chi connectivity index (χ0v) is 13.5. The number of nitrogens with one attached hydrogen (secondary N) is 2. The van der Waals surface area contributed by atoms with Crippen molar-refractivity contribution in [2.24, 2.45) is 0 Å². The van der Waals surface area contributed by atoms with Crippen LogP contribution >= 0.6 is 0 Å². The maximum absolute atomic E-state index is 14.0. The lowest BCUT2D eigenvalue weighted by Crippen LogP contribution is -2.43. The standard InChI is InChI=1S/C15H19FN6O2/c1-9(14-4-3-7-24-14)17-15(23)18-11-5-6-12(16)13(8-11)22-10(2)19-20-21-22/h5-6,8-9,14H,3-4,7H2,1-2H3,(H2,17,18,23)/t9-,14-/m1/s1. The highest BCUT2D eigenvalue weighted by Crippen LogP contribution is 2.19. The number of tetrazole rings is 1. The number of nitrogens with zero attached hydrogens (tertiary/aromatic N) is 4. The van der Waals surface area contributed by atoms with Gasteiger partial charge in [0.05, 0.1) is 12.1 Å². The van der Waals surface area contributed by atoms with Gasteiger partial charge in [-0.2, -0.15) is 4.68 Å². The molecule has 0 spiro atoms. The van der Waals surface area contributed by atoms with Crippen LogP contribution in [-0.4, -0.2) is 45.0 Å². The Kier molecular flexibility index (Phi) is 4.70. The third kappa shape index (κ3) is 3.51. The molecular weight excluding hydrogens is 315 g/mol. The number of urea groups is 1. The summed E-state index contributed by atoms with van der Waals surface area (Å²) < 4.78 is 20.8. The van der Waals surface area contributed by atoms with Crippen molar-refractivity contribution < 1.29 is 13.9 Å². The molecule has 128 valence electrons. The first kappa shape index (κ1) is 16.3. The molecular formula is C15H19FN6O2. The molecule has 1 saturated heterocycles. The summed E-state index contributed by atoms with van der Waals surface area (Å²) in [6.07, 6.45) is 1.97. The molecule has 0 aliphatic carbocycles. The molecule has 1 aromatic heterocycles. The Morgan fingerprint density at radius 2 is 2.33 bits per heavy atom. The lowest BCUT2D eigenvalue weighted by atomic mass is 10.1. The van der Waals surface area contributed by atoms with Gasteiger partial charge >= 0.3 is 6.03 Å². The van der Waals surface area contributed by atoms with Gasteiger partial charge in [-0.1, -0.05) is 0 Å². The second-order valence-corrected chi connectivity index (χ2v) is 5.74. The minimum atomic E-state index is -0.482. The van der Waals surface area contributed by atoms with E-state index < -0.39 is 5.82 Å². The van der Waals surface area contributed by atoms with Gasteiger partial charge in [0.25, 0.3) is 0 Å². The fourth-order valence-corrected chi connectivity index (χ4v) is 2.67. The van der Waals surface area contributed by atoms with Gasteiger partial charge in [-0.05, 0) is 55.3 Å². The number of ether oxygens (including phenoxy) is 1. The number of aryl methyl sites for hydroxylation is 1. The van der Waals surface area contributed by atoms with E-state index in [4.69, 9.17) is 4.74 Å². The summed E-state index contributed by atoms with van der Waals surface area (Å²) in [7, 11) is 0. The van der Waals surface area contributed by atoms with Gasteiger partial charge in [-0.3, -0.25) is 0 Å². The average Bonchev–Trinajstić information content (AvgIpc) is 3.20. The smallest absolute Gasteiger partial charge is 0.319 e. The Morgan fingerprint density at radius 3 is 3.00 bits per heavy atom. The van der Waals surface area contributed by atoms with E-state index in [1.165, 1.54) is 22.9 Å². The normalized spacial score (nSPS) is 18.4. The lowest BCUT2D eigenvalue weighted by molar-refractivity contribution is 0.0868. The van der Waals surface area contributed by atoms with Crippen molar-refractivity contribution in [3.63, 3.8) is 0 Å². The zero-order chi connectivity index (χ0) is 17.1. The van der Waals surface area contributed by atoms with E-state index in [1.54, 1.807) is 6.92 Å². The van der Waals surface area contributed by atoms with E-state index in [0.717, 1.165) is 19.4 Å². The number of aromatic nitrogens is 4. The Labute approximate surface area is 138 Å². The van der Waals surface area contributed by atoms with Gasteiger partial charge in [0.15, 0.2) is 5.82 Å². The molecule has 9 heteroatoms. The molecule has 0 unspecified atom stereocenters. The number of amides is 2. The highest BCUT2D eigenvalue weighted by molar-refractivity contribution is 5.89. The molecule has 1 aliphatic rings. The van der Waals surface area contributed by atoms with Crippen molar-refractivity contribution >= 4 is 11.7 Å². The molecule has 3 rings (SSSR count). The van der Waals surface area contributed by atoms with Crippen molar-refractivity contribution in [2.45, 2.75) is 38.8 Å². The van der Waals surface area contributed by atoms with Gasteiger partial charge in [-0.25, -0.2) is 9.18 Å². The van der Waals surface area contributed by atoms with Crippen LogP contribution in [0.15, 0.2) is 18.2 Å². The number of halogens is 1. The minimum absolute atomic E-state index is 0.0309. The molecule has 2 atom stereocenters. The van der Waals surface area contributed by atoms with Crippen LogP contribution in [0.4, 0.5) is 14.9 Å². The van der Waals surface area contributed by atoms with E-state index in [1.807, 2.05) is 6.92 Å². The lowest BCUT2D eigenvalue weighted by Gasteiger charge is -2.20. The Bertz CT molecular complexity index is 729. The molecule has 0 saturated carbocycles. The van der Waals surface area contributed by atoms with Crippen LogP contribution in [-0.2, 0) is 4.74 Å². The van der Waals surface area contributed by atoms with Crippen molar-refractivity contribution in [1.29, 1.82) is 0 Å². The van der Waals surface area contributed by atoms with Gasteiger partial charge in [0.2, 0.25) is 0 Å². The van der Waals surface area contributed by atoms with Crippen LogP contribution in [0.2, 0.25) is 0 Å². The molecule has 1 fully saturated rings. The third-order valence-corrected chi connectivity index (χ3v) is 3.94. The third-order valence-electron chi connectivity index (χ3n) is 3.94. The molecule has 1 aromatic carbocycles. The van der Waals surface area contributed by atoms with Crippen LogP contribution in [0.3, 0.4) is 0 Å². The first-order valence-corrected chi connectivity index (χ1v) is 7.78. The van der Waals surface area contributed by atoms with Crippen molar-refractivity contribution in [1.82, 2.24) is 25.5 Å². The minimum Gasteiger partial charge on any atom is -0.376 e. The molecule has 8 nitrogen and oxygen atoms in total. The Balaban J connectivity index is 1.69. The van der Waals surface area contributed by atoms with Gasteiger partial charge in [0, 0.05) is 12.3 Å². The fourth-order valence-electron chi connectivity index (χ4n) is 2.67. The Morgan fingerprint density at radius 1 is 1.50 bits per heavy atom. The molecule has 2 N–H and O–H groups in total. The first-order valence-electron chi connectivity index (χ1n) is 7.78. The quantitative estimate of drug-likeness (QED) is 0.889. The van der Waals surface area contributed by atoms with E-state index in [2.05, 4.69) is 26.2 Å². The van der Waals surface area contributed by atoms with Crippen molar-refractivity contribution in [3.05, 3.63) is 29.8 Å². The summed E-state index contributed by atoms with van der Waals surface area (Å²) in [5.41, 5.74) is 0.612. The number of carbonyl (C=O) groups excluding carboxylic acids is 1. The largest absolute Gasteiger partial charge is 0.376 e. The maximum atomic E-state index is 14.0. The molecule has 2 heterocycles. The van der Waals surface area contributed by atoms with Gasteiger partial charge in [-0.15, -0.1) is 5.10 Å². The fraction of sp³-hybridized carbons (Fsp3) is 0.467. The van der Waals surface area contributed by atoms with Gasteiger partial charge < -0.3 is 15.4 Å².